The van der Waals surface area contributed by atoms with Gasteiger partial charge in [-0.3, -0.25) is 9.69 Å². The molecule has 2 fully saturated rings. The van der Waals surface area contributed by atoms with Gasteiger partial charge in [0.2, 0.25) is 5.91 Å². The van der Waals surface area contributed by atoms with Gasteiger partial charge in [0.25, 0.3) is 10.2 Å². The van der Waals surface area contributed by atoms with E-state index in [4.69, 9.17) is 0 Å². The number of amides is 1. The van der Waals surface area contributed by atoms with Crippen molar-refractivity contribution in [3.05, 3.63) is 35.9 Å². The van der Waals surface area contributed by atoms with Gasteiger partial charge in [0.1, 0.15) is 0 Å². The summed E-state index contributed by atoms with van der Waals surface area (Å²) >= 11 is 0. The van der Waals surface area contributed by atoms with Crippen LogP contribution in [0.5, 0.6) is 0 Å². The number of carbonyl (C=O) groups is 1. The van der Waals surface area contributed by atoms with Crippen LogP contribution in [-0.4, -0.2) is 86.1 Å². The van der Waals surface area contributed by atoms with E-state index in [2.05, 4.69) is 17.0 Å². The summed E-state index contributed by atoms with van der Waals surface area (Å²) in [4.78, 5) is 17.2. The molecule has 1 aromatic rings. The van der Waals surface area contributed by atoms with Gasteiger partial charge < -0.3 is 4.90 Å². The number of nitrogens with zero attached hydrogens (tertiary/aromatic N) is 4. The quantitative estimate of drug-likeness (QED) is 0.743. The van der Waals surface area contributed by atoms with Crippen molar-refractivity contribution in [2.75, 3.05) is 53.4 Å². The second kappa shape index (κ2) is 8.68. The number of piperazine rings is 1. The molecule has 2 heterocycles. The predicted molar refractivity (Wildman–Crippen MR) is 105 cm³/mol. The van der Waals surface area contributed by atoms with Crippen molar-refractivity contribution in [2.45, 2.75) is 19.4 Å². The summed E-state index contributed by atoms with van der Waals surface area (Å²) < 4.78 is 27.4. The molecule has 0 spiro atoms. The SMILES string of the molecule is CN(C)S(=O)(=O)N1CCCC(C(=O)N2CCN(Cc3ccccc3)CC2)C1. The van der Waals surface area contributed by atoms with Crippen LogP contribution in [0.2, 0.25) is 0 Å². The van der Waals surface area contributed by atoms with Crippen LogP contribution in [0.4, 0.5) is 0 Å². The number of carbonyl (C=O) groups excluding carboxylic acids is 1. The van der Waals surface area contributed by atoms with Gasteiger partial charge in [0.15, 0.2) is 0 Å². The number of hydrogen-bond acceptors (Lipinski definition) is 4. The van der Waals surface area contributed by atoms with Crippen LogP contribution in [0.25, 0.3) is 0 Å². The minimum atomic E-state index is -3.45. The highest BCUT2D eigenvalue weighted by Crippen LogP contribution is 2.23. The normalized spacial score (nSPS) is 22.9. The van der Waals surface area contributed by atoms with Gasteiger partial charge in [0, 0.05) is 59.9 Å². The second-order valence-corrected chi connectivity index (χ2v) is 9.72. The van der Waals surface area contributed by atoms with Crippen LogP contribution in [0.3, 0.4) is 0 Å². The number of rotatable bonds is 5. The molecule has 0 radical (unpaired) electrons. The van der Waals surface area contributed by atoms with Crippen LogP contribution >= 0.6 is 0 Å². The Hall–Kier alpha value is -1.48. The van der Waals surface area contributed by atoms with E-state index in [9.17, 15) is 13.2 Å². The molecule has 2 saturated heterocycles. The molecule has 0 aliphatic carbocycles. The maximum atomic E-state index is 12.9. The second-order valence-electron chi connectivity index (χ2n) is 7.57. The third-order valence-corrected chi connectivity index (χ3v) is 7.36. The van der Waals surface area contributed by atoms with Crippen molar-refractivity contribution in [3.8, 4) is 0 Å². The molecular weight excluding hydrogens is 364 g/mol. The van der Waals surface area contributed by atoms with Gasteiger partial charge in [-0.1, -0.05) is 30.3 Å². The lowest BCUT2D eigenvalue weighted by atomic mass is 9.97. The van der Waals surface area contributed by atoms with Crippen molar-refractivity contribution >= 4 is 16.1 Å². The highest BCUT2D eigenvalue weighted by atomic mass is 32.2. The van der Waals surface area contributed by atoms with Crippen LogP contribution < -0.4 is 0 Å². The number of piperidine rings is 1. The lowest BCUT2D eigenvalue weighted by molar-refractivity contribution is -0.138. The maximum Gasteiger partial charge on any atom is 0.281 e. The fraction of sp³-hybridized carbons (Fsp3) is 0.632. The van der Waals surface area contributed by atoms with Gasteiger partial charge in [-0.15, -0.1) is 0 Å². The molecule has 8 heteroatoms. The first-order valence-corrected chi connectivity index (χ1v) is 11.0. The Balaban J connectivity index is 1.53. The summed E-state index contributed by atoms with van der Waals surface area (Å²) in [5.74, 6) is -0.123. The summed E-state index contributed by atoms with van der Waals surface area (Å²) in [5.41, 5.74) is 1.29. The highest BCUT2D eigenvalue weighted by molar-refractivity contribution is 7.86. The third kappa shape index (κ3) is 4.87. The van der Waals surface area contributed by atoms with Crippen molar-refractivity contribution in [2.24, 2.45) is 5.92 Å². The lowest BCUT2D eigenvalue weighted by Gasteiger charge is -2.39. The summed E-state index contributed by atoms with van der Waals surface area (Å²) in [6, 6.07) is 10.4. The molecule has 0 aromatic heterocycles. The highest BCUT2D eigenvalue weighted by Gasteiger charge is 2.35. The molecule has 3 rings (SSSR count). The van der Waals surface area contributed by atoms with Gasteiger partial charge >= 0.3 is 0 Å². The Morgan fingerprint density at radius 3 is 2.37 bits per heavy atom. The topological polar surface area (TPSA) is 64.2 Å². The van der Waals surface area contributed by atoms with Crippen LogP contribution in [0.15, 0.2) is 30.3 Å². The molecule has 150 valence electrons. The van der Waals surface area contributed by atoms with Crippen LogP contribution in [0, 0.1) is 5.92 Å². The molecule has 2 aliphatic heterocycles. The molecule has 1 atom stereocenters. The van der Waals surface area contributed by atoms with Crippen molar-refractivity contribution in [3.63, 3.8) is 0 Å². The molecule has 1 aromatic carbocycles. The summed E-state index contributed by atoms with van der Waals surface area (Å²) in [6.07, 6.45) is 1.50. The zero-order valence-electron chi connectivity index (χ0n) is 16.2. The zero-order chi connectivity index (χ0) is 19.4. The fourth-order valence-electron chi connectivity index (χ4n) is 3.81. The molecule has 1 amide bonds. The first-order valence-electron chi connectivity index (χ1n) is 9.60. The fourth-order valence-corrected chi connectivity index (χ4v) is 5.00. The van der Waals surface area contributed by atoms with Crippen molar-refractivity contribution in [1.82, 2.24) is 18.4 Å². The van der Waals surface area contributed by atoms with Crippen LogP contribution in [0.1, 0.15) is 18.4 Å². The monoisotopic (exact) mass is 394 g/mol. The summed E-state index contributed by atoms with van der Waals surface area (Å²) in [6.45, 7) is 4.82. The Morgan fingerprint density at radius 2 is 1.74 bits per heavy atom. The minimum absolute atomic E-state index is 0.105. The largest absolute Gasteiger partial charge is 0.340 e. The third-order valence-electron chi connectivity index (χ3n) is 5.45. The maximum absolute atomic E-state index is 12.9. The Morgan fingerprint density at radius 1 is 1.07 bits per heavy atom. The van der Waals surface area contributed by atoms with E-state index in [0.29, 0.717) is 26.2 Å². The van der Waals surface area contributed by atoms with Gasteiger partial charge in [0.05, 0.1) is 5.92 Å². The standard InChI is InChI=1S/C19H30N4O3S/c1-20(2)27(25,26)23-10-6-9-18(16-23)19(24)22-13-11-21(12-14-22)15-17-7-4-3-5-8-17/h3-5,7-8,18H,6,9-16H2,1-2H3. The summed E-state index contributed by atoms with van der Waals surface area (Å²) in [5, 5.41) is 0. The molecule has 7 nitrogen and oxygen atoms in total. The van der Waals surface area contributed by atoms with Gasteiger partial charge in [-0.25, -0.2) is 0 Å². The van der Waals surface area contributed by atoms with Crippen LogP contribution in [-0.2, 0) is 21.5 Å². The molecule has 0 saturated carbocycles. The van der Waals surface area contributed by atoms with Crippen molar-refractivity contribution < 1.29 is 13.2 Å². The Bertz CT molecular complexity index is 731. The van der Waals surface area contributed by atoms with Gasteiger partial charge in [-0.2, -0.15) is 17.0 Å². The number of benzene rings is 1. The first kappa shape index (κ1) is 20.3. The number of hydrogen-bond donors (Lipinski definition) is 0. The van der Waals surface area contributed by atoms with E-state index in [-0.39, 0.29) is 11.8 Å². The smallest absolute Gasteiger partial charge is 0.281 e. The predicted octanol–water partition coefficient (Wildman–Crippen LogP) is 0.849. The van der Waals surface area contributed by atoms with E-state index in [0.717, 1.165) is 32.5 Å². The van der Waals surface area contributed by atoms with E-state index < -0.39 is 10.2 Å². The van der Waals surface area contributed by atoms with Gasteiger partial charge in [-0.05, 0) is 18.4 Å². The molecule has 27 heavy (non-hydrogen) atoms. The molecule has 0 bridgehead atoms. The van der Waals surface area contributed by atoms with Crippen molar-refractivity contribution in [1.29, 1.82) is 0 Å². The molecule has 1 unspecified atom stereocenters. The van der Waals surface area contributed by atoms with E-state index in [1.165, 1.54) is 28.3 Å². The Labute approximate surface area is 162 Å². The lowest BCUT2D eigenvalue weighted by Crippen LogP contribution is -2.53. The average Bonchev–Trinajstić information content (AvgIpc) is 2.69. The molecule has 2 aliphatic rings. The minimum Gasteiger partial charge on any atom is -0.340 e. The Kier molecular flexibility index (Phi) is 6.52. The average molecular weight is 395 g/mol. The van der Waals surface area contributed by atoms with E-state index in [1.807, 2.05) is 23.1 Å². The molecular formula is C19H30N4O3S. The van der Waals surface area contributed by atoms with E-state index in [1.54, 1.807) is 0 Å². The zero-order valence-corrected chi connectivity index (χ0v) is 17.1. The first-order chi connectivity index (χ1) is 12.9. The van der Waals surface area contributed by atoms with E-state index >= 15 is 0 Å². The molecule has 0 N–H and O–H groups in total. The summed E-state index contributed by atoms with van der Waals surface area (Å²) in [7, 11) is -0.384.